The molecule has 0 fully saturated rings. The van der Waals surface area contributed by atoms with Crippen LogP contribution in [-0.4, -0.2) is 13.0 Å². The summed E-state index contributed by atoms with van der Waals surface area (Å²) in [5.41, 5.74) is 1.44. The van der Waals surface area contributed by atoms with Gasteiger partial charge in [-0.2, -0.15) is 0 Å². The van der Waals surface area contributed by atoms with Crippen LogP contribution in [-0.2, 0) is 4.79 Å². The maximum absolute atomic E-state index is 11.6. The smallest absolute Gasteiger partial charge is 0.253 e. The van der Waals surface area contributed by atoms with Crippen molar-refractivity contribution in [3.05, 3.63) is 40.0 Å². The molecule has 1 aromatic rings. The minimum atomic E-state index is -0.0491. The number of hydrogen-bond acceptors (Lipinski definition) is 1. The van der Waals surface area contributed by atoms with Crippen molar-refractivity contribution in [3.63, 3.8) is 0 Å². The highest BCUT2D eigenvalue weighted by molar-refractivity contribution is 14.1. The lowest BCUT2D eigenvalue weighted by atomic mass is 10.2. The van der Waals surface area contributed by atoms with Crippen molar-refractivity contribution in [3.8, 4) is 0 Å². The van der Waals surface area contributed by atoms with Crippen molar-refractivity contribution in [1.82, 2.24) is 0 Å². The van der Waals surface area contributed by atoms with Crippen LogP contribution in [0.15, 0.2) is 36.4 Å². The van der Waals surface area contributed by atoms with Gasteiger partial charge in [0, 0.05) is 21.9 Å². The molecule has 0 atom stereocenters. The molecule has 1 amide bonds. The zero-order chi connectivity index (χ0) is 10.7. The third-order valence-electron chi connectivity index (χ3n) is 1.87. The fourth-order valence-corrected chi connectivity index (χ4v) is 1.61. The number of benzene rings is 1. The topological polar surface area (TPSA) is 20.3 Å². The van der Waals surface area contributed by atoms with Crippen LogP contribution in [0.1, 0.15) is 6.92 Å². The van der Waals surface area contributed by atoms with E-state index in [1.165, 1.54) is 0 Å². The first-order valence-electron chi connectivity index (χ1n) is 4.21. The van der Waals surface area contributed by atoms with E-state index in [-0.39, 0.29) is 5.91 Å². The lowest BCUT2D eigenvalue weighted by Crippen LogP contribution is -2.26. The predicted molar refractivity (Wildman–Crippen MR) is 67.4 cm³/mol. The quantitative estimate of drug-likeness (QED) is 0.607. The van der Waals surface area contributed by atoms with E-state index in [1.54, 1.807) is 18.9 Å². The van der Waals surface area contributed by atoms with Crippen LogP contribution in [0.5, 0.6) is 0 Å². The van der Waals surface area contributed by atoms with Gasteiger partial charge in [-0.15, -0.1) is 0 Å². The maximum Gasteiger partial charge on any atom is 0.253 e. The molecule has 1 rings (SSSR count). The van der Waals surface area contributed by atoms with Crippen molar-refractivity contribution in [1.29, 1.82) is 0 Å². The van der Waals surface area contributed by atoms with Crippen LogP contribution < -0.4 is 4.90 Å². The molecule has 0 saturated carbocycles. The van der Waals surface area contributed by atoms with E-state index in [0.717, 1.165) is 9.26 Å². The van der Waals surface area contributed by atoms with Gasteiger partial charge in [0.15, 0.2) is 0 Å². The molecule has 0 heterocycles. The van der Waals surface area contributed by atoms with Gasteiger partial charge in [-0.3, -0.25) is 4.79 Å². The van der Waals surface area contributed by atoms with E-state index in [4.69, 9.17) is 0 Å². The van der Waals surface area contributed by atoms with Crippen LogP contribution in [0.4, 0.5) is 5.69 Å². The third kappa shape index (κ3) is 2.57. The van der Waals surface area contributed by atoms with E-state index in [1.807, 2.05) is 24.3 Å². The first-order chi connectivity index (χ1) is 6.52. The Hall–Kier alpha value is -0.840. The van der Waals surface area contributed by atoms with E-state index in [9.17, 15) is 4.79 Å². The fourth-order valence-electron chi connectivity index (χ4n) is 1.09. The minimum absolute atomic E-state index is 0.0491. The molecule has 14 heavy (non-hydrogen) atoms. The molecule has 0 aliphatic heterocycles. The molecule has 0 aromatic heterocycles. The third-order valence-corrected chi connectivity index (χ3v) is 2.54. The number of carbonyl (C=O) groups excluding carboxylic acids is 1. The van der Waals surface area contributed by atoms with Crippen LogP contribution in [0.2, 0.25) is 0 Å². The number of carbonyl (C=O) groups is 1. The molecule has 2 nitrogen and oxygen atoms in total. The van der Waals surface area contributed by atoms with Gasteiger partial charge < -0.3 is 4.90 Å². The van der Waals surface area contributed by atoms with Gasteiger partial charge in [0.2, 0.25) is 0 Å². The molecule has 0 saturated heterocycles. The average molecular weight is 301 g/mol. The Morgan fingerprint density at radius 1 is 1.50 bits per heavy atom. The lowest BCUT2D eigenvalue weighted by molar-refractivity contribution is -0.114. The molecule has 74 valence electrons. The Morgan fingerprint density at radius 3 is 2.64 bits per heavy atom. The van der Waals surface area contributed by atoms with Crippen molar-refractivity contribution in [2.75, 3.05) is 11.9 Å². The number of nitrogens with zero attached hydrogens (tertiary/aromatic N) is 1. The second-order valence-electron chi connectivity index (χ2n) is 3.12. The van der Waals surface area contributed by atoms with Crippen LogP contribution in [0.3, 0.4) is 0 Å². The van der Waals surface area contributed by atoms with Crippen molar-refractivity contribution < 1.29 is 4.79 Å². The van der Waals surface area contributed by atoms with Gasteiger partial charge in [-0.1, -0.05) is 12.6 Å². The first-order valence-corrected chi connectivity index (χ1v) is 5.29. The minimum Gasteiger partial charge on any atom is -0.312 e. The second kappa shape index (κ2) is 4.59. The lowest BCUT2D eigenvalue weighted by Gasteiger charge is -2.17. The zero-order valence-electron chi connectivity index (χ0n) is 8.25. The van der Waals surface area contributed by atoms with Crippen LogP contribution in [0.25, 0.3) is 0 Å². The molecule has 0 aliphatic rings. The van der Waals surface area contributed by atoms with E-state index >= 15 is 0 Å². The molecule has 0 unspecified atom stereocenters. The summed E-state index contributed by atoms with van der Waals surface area (Å²) in [6.45, 7) is 5.35. The highest BCUT2D eigenvalue weighted by atomic mass is 127. The number of anilines is 1. The van der Waals surface area contributed by atoms with E-state index in [0.29, 0.717) is 5.57 Å². The normalized spacial score (nSPS) is 9.64. The largest absolute Gasteiger partial charge is 0.312 e. The first kappa shape index (κ1) is 11.2. The summed E-state index contributed by atoms with van der Waals surface area (Å²) < 4.78 is 1.11. The highest BCUT2D eigenvalue weighted by Gasteiger charge is 2.10. The SMILES string of the molecule is C=C(C)C(=O)N(C)c1cccc(I)c1. The van der Waals surface area contributed by atoms with Gasteiger partial charge in [-0.25, -0.2) is 0 Å². The van der Waals surface area contributed by atoms with E-state index in [2.05, 4.69) is 29.2 Å². The molecule has 0 radical (unpaired) electrons. The van der Waals surface area contributed by atoms with Gasteiger partial charge in [0.05, 0.1) is 0 Å². The van der Waals surface area contributed by atoms with Crippen LogP contribution >= 0.6 is 22.6 Å². The van der Waals surface area contributed by atoms with Gasteiger partial charge in [0.25, 0.3) is 5.91 Å². The molecule has 0 spiro atoms. The maximum atomic E-state index is 11.6. The highest BCUT2D eigenvalue weighted by Crippen LogP contribution is 2.17. The molecular weight excluding hydrogens is 289 g/mol. The fraction of sp³-hybridized carbons (Fsp3) is 0.182. The summed E-state index contributed by atoms with van der Waals surface area (Å²) in [6.07, 6.45) is 0. The molecule has 3 heteroatoms. The Morgan fingerprint density at radius 2 is 2.14 bits per heavy atom. The molecular formula is C11H12INO. The average Bonchev–Trinajstić information content (AvgIpc) is 2.15. The summed E-state index contributed by atoms with van der Waals surface area (Å²) in [6, 6.07) is 7.78. The number of rotatable bonds is 2. The summed E-state index contributed by atoms with van der Waals surface area (Å²) in [5, 5.41) is 0. The van der Waals surface area contributed by atoms with Gasteiger partial charge in [0.1, 0.15) is 0 Å². The zero-order valence-corrected chi connectivity index (χ0v) is 10.4. The predicted octanol–water partition coefficient (Wildman–Crippen LogP) is 2.83. The Kier molecular flexibility index (Phi) is 3.69. The number of amides is 1. The number of likely N-dealkylation sites (N-methyl/N-ethyl adjacent to an activating group) is 1. The summed E-state index contributed by atoms with van der Waals surface area (Å²) in [7, 11) is 1.75. The van der Waals surface area contributed by atoms with E-state index < -0.39 is 0 Å². The molecule has 1 aromatic carbocycles. The monoisotopic (exact) mass is 301 g/mol. The number of hydrogen-bond donors (Lipinski definition) is 0. The Balaban J connectivity index is 2.95. The molecule has 0 bridgehead atoms. The summed E-state index contributed by atoms with van der Waals surface area (Å²) in [4.78, 5) is 13.2. The Bertz CT molecular complexity index is 373. The standard InChI is InChI=1S/C11H12INO/c1-8(2)11(14)13(3)10-6-4-5-9(12)7-10/h4-7H,1H2,2-3H3. The van der Waals surface area contributed by atoms with Gasteiger partial charge in [-0.05, 0) is 47.7 Å². The second-order valence-corrected chi connectivity index (χ2v) is 4.37. The summed E-state index contributed by atoms with van der Waals surface area (Å²) >= 11 is 2.22. The van der Waals surface area contributed by atoms with Crippen LogP contribution in [0, 0.1) is 3.57 Å². The van der Waals surface area contributed by atoms with Crippen molar-refractivity contribution in [2.45, 2.75) is 6.92 Å². The summed E-state index contributed by atoms with van der Waals surface area (Å²) in [5.74, 6) is -0.0491. The van der Waals surface area contributed by atoms with Gasteiger partial charge >= 0.3 is 0 Å². The van der Waals surface area contributed by atoms with Crippen molar-refractivity contribution in [2.24, 2.45) is 0 Å². The molecule has 0 aliphatic carbocycles. The Labute approximate surface area is 97.7 Å². The van der Waals surface area contributed by atoms with Crippen molar-refractivity contribution >= 4 is 34.2 Å². The number of halogens is 1. The molecule has 0 N–H and O–H groups in total.